The lowest BCUT2D eigenvalue weighted by Gasteiger charge is -2.29. The van der Waals surface area contributed by atoms with Crippen molar-refractivity contribution in [1.29, 1.82) is 0 Å². The van der Waals surface area contributed by atoms with Crippen LogP contribution in [0.25, 0.3) is 5.69 Å². The minimum Gasteiger partial charge on any atom is -0.484 e. The maximum Gasteiger partial charge on any atom is 0.262 e. The molecule has 3 heterocycles. The zero-order chi connectivity index (χ0) is 28.2. The number of pyridine rings is 1. The molecule has 41 heavy (non-hydrogen) atoms. The first-order chi connectivity index (χ1) is 20.1. The van der Waals surface area contributed by atoms with E-state index in [1.54, 1.807) is 6.20 Å². The van der Waals surface area contributed by atoms with Crippen molar-refractivity contribution in [3.8, 4) is 11.4 Å². The summed E-state index contributed by atoms with van der Waals surface area (Å²) in [4.78, 5) is 19.3. The molecule has 2 unspecified atom stereocenters. The first-order valence-corrected chi connectivity index (χ1v) is 14.3. The molecule has 0 spiro atoms. The van der Waals surface area contributed by atoms with E-state index in [1.807, 2.05) is 91.0 Å². The fourth-order valence-corrected chi connectivity index (χ4v) is 5.58. The maximum absolute atomic E-state index is 12.5. The van der Waals surface area contributed by atoms with Crippen LogP contribution in [0.5, 0.6) is 5.75 Å². The molecule has 1 amide bonds. The Bertz CT molecular complexity index is 1640. The molecule has 5 aromatic rings. The second-order valence-corrected chi connectivity index (χ2v) is 10.8. The minimum atomic E-state index is -0.236. The van der Waals surface area contributed by atoms with Gasteiger partial charge in [-0.25, -0.2) is 0 Å². The first kappa shape index (κ1) is 26.7. The highest BCUT2D eigenvalue weighted by Gasteiger charge is 2.42. The molecule has 1 aliphatic heterocycles. The predicted octanol–water partition coefficient (Wildman–Crippen LogP) is 6.83. The number of rotatable bonds is 8. The lowest BCUT2D eigenvalue weighted by Crippen LogP contribution is -2.30. The molecule has 3 aromatic carbocycles. The number of hydrogen-bond acceptors (Lipinski definition) is 4. The summed E-state index contributed by atoms with van der Waals surface area (Å²) in [6, 6.07) is 34.9. The van der Waals surface area contributed by atoms with Gasteiger partial charge in [0.25, 0.3) is 5.91 Å². The molecule has 6 rings (SSSR count). The zero-order valence-electron chi connectivity index (χ0n) is 21.9. The van der Waals surface area contributed by atoms with Gasteiger partial charge in [0, 0.05) is 39.6 Å². The Kier molecular flexibility index (Phi) is 7.80. The predicted molar refractivity (Wildman–Crippen MR) is 168 cm³/mol. The summed E-state index contributed by atoms with van der Waals surface area (Å²) in [5, 5.41) is 7.01. The summed E-state index contributed by atoms with van der Waals surface area (Å²) in [5.41, 5.74) is 4.57. The quantitative estimate of drug-likeness (QED) is 0.185. The van der Waals surface area contributed by atoms with Crippen LogP contribution < -0.4 is 20.3 Å². The average molecular weight is 625 g/mol. The van der Waals surface area contributed by atoms with Crippen molar-refractivity contribution in [2.24, 2.45) is 0 Å². The maximum atomic E-state index is 12.5. The number of thiocarbonyl (C=S) groups is 1. The van der Waals surface area contributed by atoms with E-state index in [4.69, 9.17) is 17.0 Å². The number of amides is 1. The number of carbonyl (C=O) groups is 1. The van der Waals surface area contributed by atoms with Crippen LogP contribution in [0.15, 0.2) is 126 Å². The van der Waals surface area contributed by atoms with Crippen LogP contribution in [0.1, 0.15) is 23.5 Å². The van der Waals surface area contributed by atoms with Gasteiger partial charge in [-0.2, -0.15) is 0 Å². The largest absolute Gasteiger partial charge is 0.484 e. The molecule has 1 saturated heterocycles. The number of benzene rings is 3. The van der Waals surface area contributed by atoms with E-state index in [1.165, 1.54) is 0 Å². The SMILES string of the molecule is O=C(COc1ccccc1)Nc1ccc(N2C(=S)NC(c3ccccn3)C2c2cccn2-c2ccc(Br)cc2)cc1. The summed E-state index contributed by atoms with van der Waals surface area (Å²) < 4.78 is 8.76. The van der Waals surface area contributed by atoms with Gasteiger partial charge in [-0.3, -0.25) is 9.78 Å². The molecule has 2 aromatic heterocycles. The van der Waals surface area contributed by atoms with E-state index in [2.05, 4.69) is 65.4 Å². The van der Waals surface area contributed by atoms with Gasteiger partial charge in [-0.05, 0) is 97.1 Å². The van der Waals surface area contributed by atoms with Gasteiger partial charge in [0.15, 0.2) is 11.7 Å². The van der Waals surface area contributed by atoms with Crippen LogP contribution in [0.2, 0.25) is 0 Å². The Labute approximate surface area is 251 Å². The number of aromatic nitrogens is 2. The Morgan fingerprint density at radius 3 is 2.37 bits per heavy atom. The number of hydrogen-bond donors (Lipinski definition) is 2. The fraction of sp³-hybridized carbons (Fsp3) is 0.0938. The van der Waals surface area contributed by atoms with E-state index in [-0.39, 0.29) is 24.6 Å². The number of anilines is 2. The Hall–Kier alpha value is -4.47. The van der Waals surface area contributed by atoms with Crippen molar-refractivity contribution in [2.75, 3.05) is 16.8 Å². The average Bonchev–Trinajstić information content (AvgIpc) is 3.62. The number of halogens is 1. The second-order valence-electron chi connectivity index (χ2n) is 9.47. The van der Waals surface area contributed by atoms with Crippen molar-refractivity contribution in [3.05, 3.63) is 137 Å². The zero-order valence-corrected chi connectivity index (χ0v) is 24.3. The smallest absolute Gasteiger partial charge is 0.262 e. The molecule has 0 radical (unpaired) electrons. The molecule has 1 aliphatic rings. The van der Waals surface area contributed by atoms with Gasteiger partial charge < -0.3 is 24.8 Å². The lowest BCUT2D eigenvalue weighted by atomic mass is 10.0. The highest BCUT2D eigenvalue weighted by atomic mass is 79.9. The van der Waals surface area contributed by atoms with Crippen LogP contribution >= 0.6 is 28.1 Å². The van der Waals surface area contributed by atoms with Crippen LogP contribution in [-0.4, -0.2) is 27.2 Å². The third kappa shape index (κ3) is 5.86. The monoisotopic (exact) mass is 623 g/mol. The van der Waals surface area contributed by atoms with E-state index in [9.17, 15) is 4.79 Å². The van der Waals surface area contributed by atoms with Crippen LogP contribution in [0, 0.1) is 0 Å². The number of nitrogens with zero attached hydrogens (tertiary/aromatic N) is 3. The normalized spacial score (nSPS) is 16.3. The first-order valence-electron chi connectivity index (χ1n) is 13.1. The molecular weight excluding hydrogens is 598 g/mol. The van der Waals surface area contributed by atoms with Crippen LogP contribution in [0.4, 0.5) is 11.4 Å². The van der Waals surface area contributed by atoms with E-state index < -0.39 is 0 Å². The van der Waals surface area contributed by atoms with Gasteiger partial charge in [0.05, 0.1) is 11.7 Å². The summed E-state index contributed by atoms with van der Waals surface area (Å²) in [6.45, 7) is -0.0766. The summed E-state index contributed by atoms with van der Waals surface area (Å²) >= 11 is 9.43. The van der Waals surface area contributed by atoms with Crippen LogP contribution in [-0.2, 0) is 4.79 Å². The number of para-hydroxylation sites is 1. The lowest BCUT2D eigenvalue weighted by molar-refractivity contribution is -0.118. The number of nitrogens with one attached hydrogen (secondary N) is 2. The van der Waals surface area contributed by atoms with Gasteiger partial charge in [-0.1, -0.05) is 40.2 Å². The van der Waals surface area contributed by atoms with Crippen LogP contribution in [0.3, 0.4) is 0 Å². The van der Waals surface area contributed by atoms with E-state index in [0.717, 1.165) is 27.2 Å². The molecule has 0 saturated carbocycles. The Morgan fingerprint density at radius 2 is 1.63 bits per heavy atom. The Balaban J connectivity index is 1.28. The number of ether oxygens (including phenoxy) is 1. The van der Waals surface area contributed by atoms with Crippen molar-refractivity contribution in [1.82, 2.24) is 14.9 Å². The van der Waals surface area contributed by atoms with Gasteiger partial charge in [0.1, 0.15) is 11.8 Å². The van der Waals surface area contributed by atoms with Crippen molar-refractivity contribution in [2.45, 2.75) is 12.1 Å². The molecule has 1 fully saturated rings. The van der Waals surface area contributed by atoms with Gasteiger partial charge in [-0.15, -0.1) is 0 Å². The van der Waals surface area contributed by atoms with Crippen molar-refractivity contribution in [3.63, 3.8) is 0 Å². The molecule has 204 valence electrons. The minimum absolute atomic E-state index is 0.0766. The molecule has 0 bridgehead atoms. The van der Waals surface area contributed by atoms with Gasteiger partial charge >= 0.3 is 0 Å². The topological polar surface area (TPSA) is 71.4 Å². The summed E-state index contributed by atoms with van der Waals surface area (Å²) in [6.07, 6.45) is 3.86. The van der Waals surface area contributed by atoms with Crippen molar-refractivity contribution >= 4 is 50.5 Å². The second kappa shape index (κ2) is 12.0. The molecule has 2 atom stereocenters. The summed E-state index contributed by atoms with van der Waals surface area (Å²) in [5.74, 6) is 0.412. The van der Waals surface area contributed by atoms with E-state index in [0.29, 0.717) is 16.5 Å². The fourth-order valence-electron chi connectivity index (χ4n) is 4.97. The van der Waals surface area contributed by atoms with E-state index >= 15 is 0 Å². The molecule has 9 heteroatoms. The molecule has 2 N–H and O–H groups in total. The molecule has 0 aliphatic carbocycles. The standard InChI is InChI=1S/C32H26BrN5O2S/c33-22-11-15-24(16-12-22)37-20-6-10-28(37)31-30(27-9-4-5-19-34-27)36-32(41)38(31)25-17-13-23(14-18-25)35-29(39)21-40-26-7-2-1-3-8-26/h1-20,30-31H,21H2,(H,35,39)(H,36,41). The number of carbonyl (C=O) groups excluding carboxylic acids is 1. The van der Waals surface area contributed by atoms with Gasteiger partial charge in [0.2, 0.25) is 0 Å². The summed E-state index contributed by atoms with van der Waals surface area (Å²) in [7, 11) is 0. The third-order valence-electron chi connectivity index (χ3n) is 6.83. The highest BCUT2D eigenvalue weighted by molar-refractivity contribution is 9.10. The third-order valence-corrected chi connectivity index (χ3v) is 7.67. The Morgan fingerprint density at radius 1 is 0.902 bits per heavy atom. The van der Waals surface area contributed by atoms with Crippen molar-refractivity contribution < 1.29 is 9.53 Å². The molecule has 7 nitrogen and oxygen atoms in total. The highest BCUT2D eigenvalue weighted by Crippen LogP contribution is 2.42. The molecular formula is C32H26BrN5O2S.